The second kappa shape index (κ2) is 7.17. The summed E-state index contributed by atoms with van der Waals surface area (Å²) >= 11 is 0. The Kier molecular flexibility index (Phi) is 5.86. The van der Waals surface area contributed by atoms with Crippen LogP contribution >= 0.6 is 0 Å². The van der Waals surface area contributed by atoms with Crippen molar-refractivity contribution in [3.05, 3.63) is 35.4 Å². The smallest absolute Gasteiger partial charge is 0.227 e. The highest BCUT2D eigenvalue weighted by atomic mass is 16.2. The third-order valence-electron chi connectivity index (χ3n) is 3.02. The molecule has 1 amide bonds. The first kappa shape index (κ1) is 14.7. The van der Waals surface area contributed by atoms with Crippen LogP contribution in [0.3, 0.4) is 0 Å². The third-order valence-corrected chi connectivity index (χ3v) is 3.02. The van der Waals surface area contributed by atoms with Crippen molar-refractivity contribution in [2.24, 2.45) is 5.73 Å². The topological polar surface area (TPSA) is 46.3 Å². The lowest BCUT2D eigenvalue weighted by Crippen LogP contribution is -2.38. The molecule has 0 saturated carbocycles. The molecular formula is C15H24N2O. The van der Waals surface area contributed by atoms with Crippen molar-refractivity contribution in [3.8, 4) is 0 Å². The zero-order valence-corrected chi connectivity index (χ0v) is 11.6. The van der Waals surface area contributed by atoms with E-state index in [0.717, 1.165) is 24.1 Å². The molecule has 0 fully saturated rings. The molecule has 0 aliphatic carbocycles. The minimum absolute atomic E-state index is 0.201. The van der Waals surface area contributed by atoms with Crippen LogP contribution in [0.5, 0.6) is 0 Å². The summed E-state index contributed by atoms with van der Waals surface area (Å²) < 4.78 is 0. The van der Waals surface area contributed by atoms with Crippen LogP contribution in [0.25, 0.3) is 0 Å². The zero-order chi connectivity index (χ0) is 13.5. The average molecular weight is 248 g/mol. The summed E-state index contributed by atoms with van der Waals surface area (Å²) in [5.41, 5.74) is 7.71. The normalized spacial score (nSPS) is 10.7. The highest BCUT2D eigenvalue weighted by molar-refractivity contribution is 5.79. The van der Waals surface area contributed by atoms with Gasteiger partial charge in [0.25, 0.3) is 0 Å². The SMILES string of the molecule is CCCN(C(=O)Cc1ccc(CN)cc1)C(C)C. The molecule has 0 heterocycles. The zero-order valence-electron chi connectivity index (χ0n) is 11.6. The average Bonchev–Trinajstić information content (AvgIpc) is 2.36. The van der Waals surface area contributed by atoms with Gasteiger partial charge in [0.1, 0.15) is 0 Å². The molecule has 1 aromatic rings. The quantitative estimate of drug-likeness (QED) is 0.840. The Morgan fingerprint density at radius 3 is 2.22 bits per heavy atom. The molecule has 18 heavy (non-hydrogen) atoms. The first-order valence-electron chi connectivity index (χ1n) is 6.65. The van der Waals surface area contributed by atoms with Gasteiger partial charge in [-0.2, -0.15) is 0 Å². The molecule has 0 bridgehead atoms. The molecule has 2 N–H and O–H groups in total. The van der Waals surface area contributed by atoms with Gasteiger partial charge in [-0.3, -0.25) is 4.79 Å². The fraction of sp³-hybridized carbons (Fsp3) is 0.533. The largest absolute Gasteiger partial charge is 0.340 e. The fourth-order valence-electron chi connectivity index (χ4n) is 1.98. The fourth-order valence-corrected chi connectivity index (χ4v) is 1.98. The van der Waals surface area contributed by atoms with Crippen molar-refractivity contribution in [1.29, 1.82) is 0 Å². The van der Waals surface area contributed by atoms with Crippen LogP contribution in [0.15, 0.2) is 24.3 Å². The second-order valence-corrected chi connectivity index (χ2v) is 4.88. The standard InChI is InChI=1S/C15H24N2O/c1-4-9-17(12(2)3)15(18)10-13-5-7-14(11-16)8-6-13/h5-8,12H,4,9-11,16H2,1-3H3. The number of nitrogens with zero attached hydrogens (tertiary/aromatic N) is 1. The molecule has 1 rings (SSSR count). The van der Waals surface area contributed by atoms with E-state index in [4.69, 9.17) is 5.73 Å². The Bertz CT molecular complexity index is 371. The van der Waals surface area contributed by atoms with E-state index < -0.39 is 0 Å². The van der Waals surface area contributed by atoms with Crippen molar-refractivity contribution in [2.45, 2.75) is 46.2 Å². The lowest BCUT2D eigenvalue weighted by atomic mass is 10.1. The Hall–Kier alpha value is -1.35. The Labute approximate surface area is 110 Å². The highest BCUT2D eigenvalue weighted by Gasteiger charge is 2.15. The van der Waals surface area contributed by atoms with Gasteiger partial charge in [-0.15, -0.1) is 0 Å². The van der Waals surface area contributed by atoms with Gasteiger partial charge in [-0.05, 0) is 31.4 Å². The first-order chi connectivity index (χ1) is 8.58. The van der Waals surface area contributed by atoms with Crippen molar-refractivity contribution in [3.63, 3.8) is 0 Å². The molecule has 0 radical (unpaired) electrons. The van der Waals surface area contributed by atoms with Crippen molar-refractivity contribution < 1.29 is 4.79 Å². The van der Waals surface area contributed by atoms with E-state index >= 15 is 0 Å². The first-order valence-corrected chi connectivity index (χ1v) is 6.65. The number of rotatable bonds is 6. The van der Waals surface area contributed by atoms with Crippen molar-refractivity contribution >= 4 is 5.91 Å². The van der Waals surface area contributed by atoms with Gasteiger partial charge in [0.15, 0.2) is 0 Å². The Morgan fingerprint density at radius 1 is 1.22 bits per heavy atom. The monoisotopic (exact) mass is 248 g/mol. The lowest BCUT2D eigenvalue weighted by Gasteiger charge is -2.26. The van der Waals surface area contributed by atoms with Gasteiger partial charge in [0.05, 0.1) is 6.42 Å². The third kappa shape index (κ3) is 4.15. The Balaban J connectivity index is 2.66. The van der Waals surface area contributed by atoms with Crippen LogP contribution in [-0.4, -0.2) is 23.4 Å². The molecule has 0 atom stereocenters. The molecule has 1 aromatic carbocycles. The molecule has 0 unspecified atom stereocenters. The maximum Gasteiger partial charge on any atom is 0.227 e. The van der Waals surface area contributed by atoms with E-state index in [1.54, 1.807) is 0 Å². The van der Waals surface area contributed by atoms with Crippen LogP contribution in [0, 0.1) is 0 Å². The minimum atomic E-state index is 0.201. The van der Waals surface area contributed by atoms with Gasteiger partial charge in [0.2, 0.25) is 5.91 Å². The van der Waals surface area contributed by atoms with Crippen LogP contribution in [0.1, 0.15) is 38.3 Å². The number of amides is 1. The van der Waals surface area contributed by atoms with Crippen LogP contribution in [0.2, 0.25) is 0 Å². The van der Waals surface area contributed by atoms with Crippen LogP contribution in [0.4, 0.5) is 0 Å². The molecule has 3 nitrogen and oxygen atoms in total. The second-order valence-electron chi connectivity index (χ2n) is 4.88. The molecule has 0 aliphatic heterocycles. The van der Waals surface area contributed by atoms with Gasteiger partial charge in [-0.1, -0.05) is 31.2 Å². The number of hydrogen-bond acceptors (Lipinski definition) is 2. The van der Waals surface area contributed by atoms with E-state index in [9.17, 15) is 4.79 Å². The van der Waals surface area contributed by atoms with Crippen molar-refractivity contribution in [1.82, 2.24) is 4.90 Å². The van der Waals surface area contributed by atoms with Gasteiger partial charge >= 0.3 is 0 Å². The van der Waals surface area contributed by atoms with E-state index in [2.05, 4.69) is 20.8 Å². The number of carbonyl (C=O) groups excluding carboxylic acids is 1. The maximum absolute atomic E-state index is 12.2. The maximum atomic E-state index is 12.2. The van der Waals surface area contributed by atoms with Gasteiger partial charge in [-0.25, -0.2) is 0 Å². The molecule has 0 aromatic heterocycles. The van der Waals surface area contributed by atoms with Gasteiger partial charge < -0.3 is 10.6 Å². The number of benzene rings is 1. The summed E-state index contributed by atoms with van der Waals surface area (Å²) in [6.07, 6.45) is 1.47. The summed E-state index contributed by atoms with van der Waals surface area (Å²) in [7, 11) is 0. The van der Waals surface area contributed by atoms with E-state index in [0.29, 0.717) is 13.0 Å². The highest BCUT2D eigenvalue weighted by Crippen LogP contribution is 2.09. The predicted molar refractivity (Wildman–Crippen MR) is 75.2 cm³/mol. The molecule has 100 valence electrons. The minimum Gasteiger partial charge on any atom is -0.340 e. The summed E-state index contributed by atoms with van der Waals surface area (Å²) in [5.74, 6) is 0.201. The number of carbonyl (C=O) groups is 1. The molecule has 3 heteroatoms. The lowest BCUT2D eigenvalue weighted by molar-refractivity contribution is -0.132. The van der Waals surface area contributed by atoms with E-state index in [1.165, 1.54) is 0 Å². The van der Waals surface area contributed by atoms with Crippen molar-refractivity contribution in [2.75, 3.05) is 6.54 Å². The van der Waals surface area contributed by atoms with E-state index in [-0.39, 0.29) is 11.9 Å². The Morgan fingerprint density at radius 2 is 1.78 bits per heavy atom. The molecule has 0 spiro atoms. The number of nitrogens with two attached hydrogens (primary N) is 1. The summed E-state index contributed by atoms with van der Waals surface area (Å²) in [6, 6.07) is 8.22. The predicted octanol–water partition coefficient (Wildman–Crippen LogP) is 2.33. The van der Waals surface area contributed by atoms with Crippen LogP contribution < -0.4 is 5.73 Å². The summed E-state index contributed by atoms with van der Waals surface area (Å²) in [5, 5.41) is 0. The molecular weight excluding hydrogens is 224 g/mol. The van der Waals surface area contributed by atoms with Crippen LogP contribution in [-0.2, 0) is 17.8 Å². The number of hydrogen-bond donors (Lipinski definition) is 1. The van der Waals surface area contributed by atoms with E-state index in [1.807, 2.05) is 29.2 Å². The molecule has 0 aliphatic rings. The molecule has 0 saturated heterocycles. The summed E-state index contributed by atoms with van der Waals surface area (Å²) in [4.78, 5) is 14.1. The van der Waals surface area contributed by atoms with Gasteiger partial charge in [0, 0.05) is 19.1 Å². The summed E-state index contributed by atoms with van der Waals surface area (Å²) in [6.45, 7) is 7.59.